The molecule has 2 aromatic carbocycles. The van der Waals surface area contributed by atoms with Crippen LogP contribution >= 0.6 is 23.2 Å². The van der Waals surface area contributed by atoms with Crippen LogP contribution in [0.3, 0.4) is 0 Å². The number of fused-ring (bicyclic) bond motifs is 1. The van der Waals surface area contributed by atoms with Gasteiger partial charge in [-0.05, 0) is 30.2 Å². The summed E-state index contributed by atoms with van der Waals surface area (Å²) in [6, 6.07) is 12.2. The second kappa shape index (κ2) is 8.25. The van der Waals surface area contributed by atoms with E-state index in [0.717, 1.165) is 6.08 Å². The molecule has 1 aliphatic rings. The van der Waals surface area contributed by atoms with Crippen molar-refractivity contribution in [2.45, 2.75) is 20.0 Å². The number of rotatable bonds is 4. The van der Waals surface area contributed by atoms with E-state index in [0.29, 0.717) is 33.4 Å². The monoisotopic (exact) mass is 419 g/mol. The molecule has 1 aliphatic heterocycles. The number of nitrogens with zero attached hydrogens (tertiary/aromatic N) is 1. The van der Waals surface area contributed by atoms with E-state index in [1.807, 2.05) is 13.8 Å². The molecule has 5 nitrogen and oxygen atoms in total. The highest BCUT2D eigenvalue weighted by atomic mass is 35.5. The zero-order valence-electron chi connectivity index (χ0n) is 15.4. The molecular weight excluding hydrogens is 401 g/mol. The summed E-state index contributed by atoms with van der Waals surface area (Å²) in [6.07, 6.45) is 0.00148. The summed E-state index contributed by atoms with van der Waals surface area (Å²) >= 11 is 12.6. The summed E-state index contributed by atoms with van der Waals surface area (Å²) in [5.41, 5.74) is 1.87. The van der Waals surface area contributed by atoms with Crippen molar-refractivity contribution in [3.05, 3.63) is 75.5 Å². The molecule has 1 unspecified atom stereocenters. The van der Waals surface area contributed by atoms with Crippen LogP contribution in [-0.2, 0) is 14.3 Å². The Morgan fingerprint density at radius 1 is 1.21 bits per heavy atom. The molecule has 1 heterocycles. The lowest BCUT2D eigenvalue weighted by atomic mass is 9.99. The number of halogens is 2. The number of carbonyl (C=O) groups is 2. The Labute approximate surface area is 173 Å². The van der Waals surface area contributed by atoms with Gasteiger partial charge in [0.2, 0.25) is 0 Å². The lowest BCUT2D eigenvalue weighted by molar-refractivity contribution is -0.132. The zero-order chi connectivity index (χ0) is 20.4. The second-order valence-electron chi connectivity index (χ2n) is 6.88. The van der Waals surface area contributed by atoms with Gasteiger partial charge in [-0.3, -0.25) is 4.79 Å². The van der Waals surface area contributed by atoms with Crippen LogP contribution in [0.2, 0.25) is 10.0 Å². The number of ether oxygens (including phenoxy) is 1. The van der Waals surface area contributed by atoms with Crippen molar-refractivity contribution in [1.82, 2.24) is 0 Å². The molecular formula is C21H19Cl2NO4. The molecule has 1 N–H and O–H groups in total. The number of aliphatic carboxylic acids is 1. The minimum Gasteiger partial charge on any atom is -0.478 e. The third kappa shape index (κ3) is 4.16. The van der Waals surface area contributed by atoms with Crippen LogP contribution in [0.1, 0.15) is 31.1 Å². The largest absolute Gasteiger partial charge is 0.478 e. The maximum absolute atomic E-state index is 13.1. The van der Waals surface area contributed by atoms with Gasteiger partial charge in [-0.1, -0.05) is 55.2 Å². The number of hydrogen-bond acceptors (Lipinski definition) is 3. The van der Waals surface area contributed by atoms with Crippen LogP contribution < -0.4 is 4.90 Å². The highest BCUT2D eigenvalue weighted by molar-refractivity contribution is 6.31. The molecule has 1 amide bonds. The Morgan fingerprint density at radius 2 is 1.93 bits per heavy atom. The van der Waals surface area contributed by atoms with Crippen LogP contribution in [0, 0.1) is 5.92 Å². The van der Waals surface area contributed by atoms with Gasteiger partial charge in [0.25, 0.3) is 5.91 Å². The minimum atomic E-state index is -1.27. The first-order valence-electron chi connectivity index (χ1n) is 8.75. The fraction of sp³-hybridized carbons (Fsp3) is 0.238. The standard InChI is InChI=1S/C21H19Cl2NO4/c1-12(2)11-24-17-8-7-13(22)9-15(17)20(14-5-3-4-6-16(14)23)28-18(21(24)27)10-19(25)26/h3-10,12,20H,11H2,1-2H3,(H,25,26)/b18-10-. The average molecular weight is 420 g/mol. The van der Waals surface area contributed by atoms with Gasteiger partial charge < -0.3 is 14.7 Å². The molecule has 7 heteroatoms. The first-order chi connectivity index (χ1) is 13.3. The predicted octanol–water partition coefficient (Wildman–Crippen LogP) is 5.07. The van der Waals surface area contributed by atoms with Crippen LogP contribution in [0.4, 0.5) is 5.69 Å². The van der Waals surface area contributed by atoms with Crippen LogP contribution in [-0.4, -0.2) is 23.5 Å². The number of benzene rings is 2. The van der Waals surface area contributed by atoms with E-state index in [-0.39, 0.29) is 11.7 Å². The topological polar surface area (TPSA) is 66.8 Å². The molecule has 0 aromatic heterocycles. The summed E-state index contributed by atoms with van der Waals surface area (Å²) in [5, 5.41) is 10.2. The first kappa shape index (κ1) is 20.2. The number of carboxylic acids is 1. The highest BCUT2D eigenvalue weighted by Gasteiger charge is 2.35. The summed E-state index contributed by atoms with van der Waals surface area (Å²) in [7, 11) is 0. The van der Waals surface area contributed by atoms with Crippen molar-refractivity contribution in [1.29, 1.82) is 0 Å². The van der Waals surface area contributed by atoms with Crippen molar-refractivity contribution >= 4 is 40.8 Å². The lowest BCUT2D eigenvalue weighted by Gasteiger charge is -2.24. The lowest BCUT2D eigenvalue weighted by Crippen LogP contribution is -2.35. The van der Waals surface area contributed by atoms with E-state index < -0.39 is 18.0 Å². The number of carbonyl (C=O) groups excluding carboxylic acids is 1. The van der Waals surface area contributed by atoms with Crippen LogP contribution in [0.5, 0.6) is 0 Å². The van der Waals surface area contributed by atoms with Gasteiger partial charge in [0.05, 0.1) is 11.8 Å². The maximum Gasteiger partial charge on any atom is 0.332 e. The van der Waals surface area contributed by atoms with Crippen molar-refractivity contribution < 1.29 is 19.4 Å². The number of amides is 1. The molecule has 28 heavy (non-hydrogen) atoms. The summed E-state index contributed by atoms with van der Waals surface area (Å²) in [5.74, 6) is -1.90. The Hall–Kier alpha value is -2.50. The maximum atomic E-state index is 13.1. The molecule has 3 rings (SSSR count). The Balaban J connectivity index is 2.27. The fourth-order valence-corrected chi connectivity index (χ4v) is 3.55. The fourth-order valence-electron chi connectivity index (χ4n) is 3.14. The Kier molecular flexibility index (Phi) is 5.96. The molecule has 146 valence electrons. The molecule has 2 aromatic rings. The van der Waals surface area contributed by atoms with Crippen molar-refractivity contribution in [2.24, 2.45) is 5.92 Å². The Bertz CT molecular complexity index is 955. The third-order valence-corrected chi connectivity index (χ3v) is 4.83. The van der Waals surface area contributed by atoms with Gasteiger partial charge >= 0.3 is 5.97 Å². The van der Waals surface area contributed by atoms with Crippen molar-refractivity contribution in [2.75, 3.05) is 11.4 Å². The highest BCUT2D eigenvalue weighted by Crippen LogP contribution is 2.42. The van der Waals surface area contributed by atoms with Gasteiger partial charge in [0, 0.05) is 27.7 Å². The molecule has 1 atom stereocenters. The average Bonchev–Trinajstić information content (AvgIpc) is 2.72. The van der Waals surface area contributed by atoms with E-state index in [2.05, 4.69) is 0 Å². The van der Waals surface area contributed by atoms with Gasteiger partial charge in [0.15, 0.2) is 11.9 Å². The minimum absolute atomic E-state index is 0.149. The summed E-state index contributed by atoms with van der Waals surface area (Å²) in [6.45, 7) is 4.34. The molecule has 0 fully saturated rings. The van der Waals surface area contributed by atoms with Crippen LogP contribution in [0.15, 0.2) is 54.3 Å². The van der Waals surface area contributed by atoms with Crippen molar-refractivity contribution in [3.8, 4) is 0 Å². The molecule has 0 saturated carbocycles. The zero-order valence-corrected chi connectivity index (χ0v) is 16.9. The van der Waals surface area contributed by atoms with E-state index in [1.165, 1.54) is 4.90 Å². The van der Waals surface area contributed by atoms with Gasteiger partial charge in [-0.2, -0.15) is 0 Å². The SMILES string of the molecule is CC(C)CN1C(=O)/C(=C/C(=O)O)OC(c2ccccc2Cl)c2cc(Cl)ccc21. The smallest absolute Gasteiger partial charge is 0.332 e. The van der Waals surface area contributed by atoms with Gasteiger partial charge in [0.1, 0.15) is 0 Å². The molecule has 0 spiro atoms. The number of carboxylic acid groups (broad SMARTS) is 1. The number of anilines is 1. The van der Waals surface area contributed by atoms with Crippen molar-refractivity contribution in [3.63, 3.8) is 0 Å². The molecule has 0 saturated heterocycles. The van der Waals surface area contributed by atoms with E-state index in [4.69, 9.17) is 27.9 Å². The Morgan fingerprint density at radius 3 is 2.57 bits per heavy atom. The molecule has 0 aliphatic carbocycles. The van der Waals surface area contributed by atoms with Gasteiger partial charge in [-0.15, -0.1) is 0 Å². The van der Waals surface area contributed by atoms with E-state index in [1.54, 1.807) is 42.5 Å². The third-order valence-electron chi connectivity index (χ3n) is 4.25. The van der Waals surface area contributed by atoms with Gasteiger partial charge in [-0.25, -0.2) is 4.79 Å². The predicted molar refractivity (Wildman–Crippen MR) is 109 cm³/mol. The number of hydrogen-bond donors (Lipinski definition) is 1. The normalized spacial score (nSPS) is 18.0. The van der Waals surface area contributed by atoms with Crippen LogP contribution in [0.25, 0.3) is 0 Å². The molecule has 0 radical (unpaired) electrons. The van der Waals surface area contributed by atoms with E-state index >= 15 is 0 Å². The summed E-state index contributed by atoms with van der Waals surface area (Å²) < 4.78 is 5.94. The quantitative estimate of drug-likeness (QED) is 0.702. The molecule has 0 bridgehead atoms. The summed E-state index contributed by atoms with van der Waals surface area (Å²) in [4.78, 5) is 26.0. The van der Waals surface area contributed by atoms with E-state index in [9.17, 15) is 14.7 Å². The first-order valence-corrected chi connectivity index (χ1v) is 9.50. The second-order valence-corrected chi connectivity index (χ2v) is 7.72.